The van der Waals surface area contributed by atoms with Crippen molar-refractivity contribution in [3.8, 4) is 0 Å². The van der Waals surface area contributed by atoms with Gasteiger partial charge in [-0.25, -0.2) is 8.78 Å². The second-order valence-electron chi connectivity index (χ2n) is 2.99. The van der Waals surface area contributed by atoms with Gasteiger partial charge in [-0.05, 0) is 19.3 Å². The van der Waals surface area contributed by atoms with Gasteiger partial charge in [0.25, 0.3) is 0 Å². The molecule has 0 saturated carbocycles. The average Bonchev–Trinajstić information content (AvgIpc) is 2.01. The summed E-state index contributed by atoms with van der Waals surface area (Å²) in [6.07, 6.45) is 0.177. The molecule has 4 heteroatoms. The summed E-state index contributed by atoms with van der Waals surface area (Å²) < 4.78 is 25.8. The van der Waals surface area contributed by atoms with Gasteiger partial charge in [0.15, 0.2) is 0 Å². The summed E-state index contributed by atoms with van der Waals surface area (Å²) in [7, 11) is 0. The standard InChI is InChI=1S/C8H12F2O2/c9-8(10)6(11)4-2-1-3-5-7(8)12/h2,4,6-7,11-12H,1,3,5H2. The summed E-state index contributed by atoms with van der Waals surface area (Å²) >= 11 is 0. The first-order valence-electron chi connectivity index (χ1n) is 3.95. The van der Waals surface area contributed by atoms with E-state index < -0.39 is 18.1 Å². The van der Waals surface area contributed by atoms with Crippen molar-refractivity contribution < 1.29 is 19.0 Å². The molecule has 0 spiro atoms. The quantitative estimate of drug-likeness (QED) is 0.545. The Morgan fingerprint density at radius 1 is 1.33 bits per heavy atom. The van der Waals surface area contributed by atoms with Crippen LogP contribution in [0.3, 0.4) is 0 Å². The summed E-state index contributed by atoms with van der Waals surface area (Å²) in [6.45, 7) is 0. The van der Waals surface area contributed by atoms with E-state index in [1.54, 1.807) is 0 Å². The van der Waals surface area contributed by atoms with Gasteiger partial charge in [-0.15, -0.1) is 0 Å². The van der Waals surface area contributed by atoms with E-state index >= 15 is 0 Å². The molecule has 0 saturated heterocycles. The lowest BCUT2D eigenvalue weighted by Crippen LogP contribution is -2.44. The molecule has 1 rings (SSSR count). The molecule has 2 nitrogen and oxygen atoms in total. The number of hydrogen-bond acceptors (Lipinski definition) is 2. The van der Waals surface area contributed by atoms with E-state index in [-0.39, 0.29) is 6.42 Å². The van der Waals surface area contributed by atoms with Crippen LogP contribution in [-0.2, 0) is 0 Å². The lowest BCUT2D eigenvalue weighted by atomic mass is 9.98. The molecular formula is C8H12F2O2. The molecule has 0 aromatic heterocycles. The molecule has 0 heterocycles. The number of hydrogen-bond donors (Lipinski definition) is 2. The number of rotatable bonds is 0. The maximum absolute atomic E-state index is 12.9. The van der Waals surface area contributed by atoms with Crippen molar-refractivity contribution in [2.45, 2.75) is 37.4 Å². The van der Waals surface area contributed by atoms with Crippen LogP contribution in [0.25, 0.3) is 0 Å². The summed E-state index contributed by atoms with van der Waals surface area (Å²) in [5.41, 5.74) is 0. The summed E-state index contributed by atoms with van der Waals surface area (Å²) in [5.74, 6) is -3.41. The topological polar surface area (TPSA) is 40.5 Å². The SMILES string of the molecule is OC1C=CCCCC(O)C1(F)F. The molecule has 1 aliphatic rings. The fraction of sp³-hybridized carbons (Fsp3) is 0.750. The fourth-order valence-corrected chi connectivity index (χ4v) is 1.17. The van der Waals surface area contributed by atoms with Gasteiger partial charge in [-0.1, -0.05) is 12.2 Å². The van der Waals surface area contributed by atoms with Crippen molar-refractivity contribution in [2.75, 3.05) is 0 Å². The predicted octanol–water partition coefficient (Wildman–Crippen LogP) is 1.08. The van der Waals surface area contributed by atoms with Crippen molar-refractivity contribution in [1.29, 1.82) is 0 Å². The van der Waals surface area contributed by atoms with Crippen LogP contribution in [0.5, 0.6) is 0 Å². The zero-order valence-corrected chi connectivity index (χ0v) is 6.58. The van der Waals surface area contributed by atoms with Gasteiger partial charge in [0.1, 0.15) is 12.2 Å². The molecule has 0 fully saturated rings. The van der Waals surface area contributed by atoms with Crippen LogP contribution in [0.15, 0.2) is 12.2 Å². The zero-order valence-electron chi connectivity index (χ0n) is 6.58. The first-order valence-corrected chi connectivity index (χ1v) is 3.95. The maximum Gasteiger partial charge on any atom is 0.302 e. The Labute approximate surface area is 69.5 Å². The van der Waals surface area contributed by atoms with E-state index in [4.69, 9.17) is 10.2 Å². The highest BCUT2D eigenvalue weighted by molar-refractivity contribution is 5.00. The lowest BCUT2D eigenvalue weighted by molar-refractivity contribution is -0.164. The highest BCUT2D eigenvalue weighted by Crippen LogP contribution is 2.28. The Kier molecular flexibility index (Phi) is 2.80. The molecule has 0 bridgehead atoms. The maximum atomic E-state index is 12.9. The Morgan fingerprint density at radius 3 is 2.67 bits per heavy atom. The van der Waals surface area contributed by atoms with Crippen LogP contribution in [0.1, 0.15) is 19.3 Å². The highest BCUT2D eigenvalue weighted by Gasteiger charge is 2.44. The number of halogens is 2. The molecule has 70 valence electrons. The molecule has 12 heavy (non-hydrogen) atoms. The lowest BCUT2D eigenvalue weighted by Gasteiger charge is -2.26. The molecular weight excluding hydrogens is 166 g/mol. The normalized spacial score (nSPS) is 35.7. The van der Waals surface area contributed by atoms with E-state index in [0.717, 1.165) is 6.08 Å². The first-order chi connectivity index (χ1) is 5.55. The Morgan fingerprint density at radius 2 is 2.00 bits per heavy atom. The van der Waals surface area contributed by atoms with Crippen LogP contribution >= 0.6 is 0 Å². The van der Waals surface area contributed by atoms with Gasteiger partial charge < -0.3 is 10.2 Å². The fourth-order valence-electron chi connectivity index (χ4n) is 1.17. The van der Waals surface area contributed by atoms with E-state index in [1.807, 2.05) is 0 Å². The van der Waals surface area contributed by atoms with E-state index in [2.05, 4.69) is 0 Å². The minimum Gasteiger partial charge on any atom is -0.387 e. The Balaban J connectivity index is 2.76. The van der Waals surface area contributed by atoms with Gasteiger partial charge in [-0.2, -0.15) is 0 Å². The monoisotopic (exact) mass is 178 g/mol. The molecule has 0 aliphatic heterocycles. The number of alkyl halides is 2. The van der Waals surface area contributed by atoms with Crippen molar-refractivity contribution >= 4 is 0 Å². The Bertz CT molecular complexity index is 180. The van der Waals surface area contributed by atoms with Crippen LogP contribution in [0.2, 0.25) is 0 Å². The largest absolute Gasteiger partial charge is 0.387 e. The molecule has 2 unspecified atom stereocenters. The van der Waals surface area contributed by atoms with Crippen LogP contribution in [0.4, 0.5) is 8.78 Å². The summed E-state index contributed by atoms with van der Waals surface area (Å²) in [5, 5.41) is 17.9. The molecule has 1 aliphatic carbocycles. The third-order valence-corrected chi connectivity index (χ3v) is 2.01. The minimum absolute atomic E-state index is 0.0361. The zero-order chi connectivity index (χ0) is 9.19. The molecule has 2 atom stereocenters. The molecule has 2 N–H and O–H groups in total. The van der Waals surface area contributed by atoms with E-state index in [1.165, 1.54) is 6.08 Å². The second kappa shape index (κ2) is 3.49. The van der Waals surface area contributed by atoms with E-state index in [0.29, 0.717) is 12.8 Å². The Hall–Kier alpha value is -0.480. The predicted molar refractivity (Wildman–Crippen MR) is 40.0 cm³/mol. The average molecular weight is 178 g/mol. The third-order valence-electron chi connectivity index (χ3n) is 2.01. The molecule has 0 amide bonds. The van der Waals surface area contributed by atoms with Crippen molar-refractivity contribution in [2.24, 2.45) is 0 Å². The van der Waals surface area contributed by atoms with Gasteiger partial charge in [-0.3, -0.25) is 0 Å². The number of allylic oxidation sites excluding steroid dienone is 1. The van der Waals surface area contributed by atoms with Crippen molar-refractivity contribution in [1.82, 2.24) is 0 Å². The van der Waals surface area contributed by atoms with Crippen LogP contribution in [0, 0.1) is 0 Å². The van der Waals surface area contributed by atoms with Gasteiger partial charge >= 0.3 is 5.92 Å². The summed E-state index contributed by atoms with van der Waals surface area (Å²) in [4.78, 5) is 0. The number of aliphatic hydroxyl groups is 2. The van der Waals surface area contributed by atoms with Crippen LogP contribution in [-0.4, -0.2) is 28.3 Å². The smallest absolute Gasteiger partial charge is 0.302 e. The molecule has 0 aromatic carbocycles. The first kappa shape index (κ1) is 9.61. The molecule has 0 aromatic rings. The van der Waals surface area contributed by atoms with Crippen molar-refractivity contribution in [3.63, 3.8) is 0 Å². The van der Waals surface area contributed by atoms with Crippen molar-refractivity contribution in [3.05, 3.63) is 12.2 Å². The van der Waals surface area contributed by atoms with Gasteiger partial charge in [0.05, 0.1) is 0 Å². The van der Waals surface area contributed by atoms with Gasteiger partial charge in [0.2, 0.25) is 0 Å². The minimum atomic E-state index is -3.41. The van der Waals surface area contributed by atoms with Crippen LogP contribution < -0.4 is 0 Å². The molecule has 0 radical (unpaired) electrons. The second-order valence-corrected chi connectivity index (χ2v) is 2.99. The highest BCUT2D eigenvalue weighted by atomic mass is 19.3. The van der Waals surface area contributed by atoms with Gasteiger partial charge in [0, 0.05) is 0 Å². The third kappa shape index (κ3) is 1.81. The summed E-state index contributed by atoms with van der Waals surface area (Å²) in [6, 6.07) is 0. The van der Waals surface area contributed by atoms with E-state index in [9.17, 15) is 8.78 Å². The number of aliphatic hydroxyl groups excluding tert-OH is 2.